The number of carbonyl (C=O) groups is 2. The second kappa shape index (κ2) is 4.82. The zero-order valence-electron chi connectivity index (χ0n) is 9.23. The zero-order valence-corrected chi connectivity index (χ0v) is 9.23. The molecular formula is C11H13N3O3. The summed E-state index contributed by atoms with van der Waals surface area (Å²) in [5.74, 6) is -0.591. The Morgan fingerprint density at radius 2 is 2.18 bits per heavy atom. The number of rotatable bonds is 1. The van der Waals surface area contributed by atoms with E-state index >= 15 is 0 Å². The minimum atomic E-state index is -0.399. The highest BCUT2D eigenvalue weighted by molar-refractivity contribution is 5.96. The van der Waals surface area contributed by atoms with Crippen LogP contribution in [0.5, 0.6) is 0 Å². The van der Waals surface area contributed by atoms with Crippen LogP contribution in [0.4, 0.5) is 0 Å². The van der Waals surface area contributed by atoms with Gasteiger partial charge in [-0.25, -0.2) is 0 Å². The molecular weight excluding hydrogens is 222 g/mol. The summed E-state index contributed by atoms with van der Waals surface area (Å²) >= 11 is 0. The molecule has 1 saturated heterocycles. The first-order valence-electron chi connectivity index (χ1n) is 5.41. The first kappa shape index (κ1) is 11.4. The molecule has 0 bridgehead atoms. The molecule has 6 heteroatoms. The smallest absolute Gasteiger partial charge is 0.259 e. The van der Waals surface area contributed by atoms with E-state index in [1.807, 2.05) is 0 Å². The number of pyridine rings is 1. The van der Waals surface area contributed by atoms with Crippen molar-refractivity contribution >= 4 is 11.8 Å². The lowest BCUT2D eigenvalue weighted by Crippen LogP contribution is -2.39. The van der Waals surface area contributed by atoms with Crippen LogP contribution in [0.1, 0.15) is 16.8 Å². The molecule has 0 atom stereocenters. The quantitative estimate of drug-likeness (QED) is 0.677. The van der Waals surface area contributed by atoms with E-state index in [0.29, 0.717) is 19.5 Å². The lowest BCUT2D eigenvalue weighted by Gasteiger charge is -2.18. The molecule has 0 spiro atoms. The molecule has 17 heavy (non-hydrogen) atoms. The Kier molecular flexibility index (Phi) is 3.22. The molecule has 0 saturated carbocycles. The second-order valence-corrected chi connectivity index (χ2v) is 3.85. The minimum absolute atomic E-state index is 0.00711. The maximum absolute atomic E-state index is 12.0. The third-order valence-corrected chi connectivity index (χ3v) is 2.60. The predicted molar refractivity (Wildman–Crippen MR) is 60.6 cm³/mol. The monoisotopic (exact) mass is 235 g/mol. The Balaban J connectivity index is 2.22. The van der Waals surface area contributed by atoms with Crippen molar-refractivity contribution in [3.8, 4) is 0 Å². The van der Waals surface area contributed by atoms with Gasteiger partial charge in [0.25, 0.3) is 5.91 Å². The third-order valence-electron chi connectivity index (χ3n) is 2.60. The molecule has 90 valence electrons. The average molecular weight is 235 g/mol. The van der Waals surface area contributed by atoms with Gasteiger partial charge in [-0.15, -0.1) is 0 Å². The van der Waals surface area contributed by atoms with Crippen molar-refractivity contribution in [1.29, 1.82) is 0 Å². The summed E-state index contributed by atoms with van der Waals surface area (Å²) in [5, 5.41) is 2.68. The zero-order chi connectivity index (χ0) is 12.3. The number of H-pyrrole nitrogens is 1. The van der Waals surface area contributed by atoms with E-state index in [0.717, 1.165) is 0 Å². The molecule has 0 aromatic carbocycles. The number of amides is 2. The second-order valence-electron chi connectivity index (χ2n) is 3.85. The van der Waals surface area contributed by atoms with Crippen LogP contribution in [-0.2, 0) is 4.79 Å². The molecule has 2 amide bonds. The molecule has 1 aliphatic rings. The van der Waals surface area contributed by atoms with Crippen molar-refractivity contribution < 1.29 is 9.59 Å². The van der Waals surface area contributed by atoms with Crippen LogP contribution in [0.25, 0.3) is 0 Å². The lowest BCUT2D eigenvalue weighted by atomic mass is 10.2. The topological polar surface area (TPSA) is 82.3 Å². The van der Waals surface area contributed by atoms with Gasteiger partial charge < -0.3 is 15.2 Å². The summed E-state index contributed by atoms with van der Waals surface area (Å²) in [6.45, 7) is 1.05. The van der Waals surface area contributed by atoms with E-state index in [2.05, 4.69) is 10.3 Å². The first-order chi connectivity index (χ1) is 8.18. The van der Waals surface area contributed by atoms with Crippen molar-refractivity contribution in [2.45, 2.75) is 6.42 Å². The van der Waals surface area contributed by atoms with Gasteiger partial charge in [-0.3, -0.25) is 14.4 Å². The Morgan fingerprint density at radius 1 is 1.35 bits per heavy atom. The van der Waals surface area contributed by atoms with Gasteiger partial charge in [0.1, 0.15) is 5.56 Å². The van der Waals surface area contributed by atoms with E-state index in [4.69, 9.17) is 0 Å². The van der Waals surface area contributed by atoms with Gasteiger partial charge in [-0.1, -0.05) is 0 Å². The molecule has 2 rings (SSSR count). The number of carbonyl (C=O) groups excluding carboxylic acids is 2. The number of hydrogen-bond donors (Lipinski definition) is 2. The highest BCUT2D eigenvalue weighted by Crippen LogP contribution is 2.02. The van der Waals surface area contributed by atoms with Crippen LogP contribution in [0.2, 0.25) is 0 Å². The summed E-state index contributed by atoms with van der Waals surface area (Å²) < 4.78 is 0. The van der Waals surface area contributed by atoms with Crippen LogP contribution in [0.15, 0.2) is 23.3 Å². The maximum Gasteiger partial charge on any atom is 0.259 e. The molecule has 1 fully saturated rings. The van der Waals surface area contributed by atoms with Gasteiger partial charge in [0.2, 0.25) is 5.91 Å². The third kappa shape index (κ3) is 2.52. The van der Waals surface area contributed by atoms with Crippen LogP contribution < -0.4 is 10.7 Å². The molecule has 1 aliphatic heterocycles. The van der Waals surface area contributed by atoms with Gasteiger partial charge in [-0.2, -0.15) is 0 Å². The minimum Gasteiger partial charge on any atom is -0.367 e. The van der Waals surface area contributed by atoms with Gasteiger partial charge in [-0.05, 0) is 6.42 Å². The fraction of sp³-hybridized carbons (Fsp3) is 0.364. The van der Waals surface area contributed by atoms with E-state index in [1.54, 1.807) is 0 Å². The van der Waals surface area contributed by atoms with E-state index in [-0.39, 0.29) is 23.4 Å². The number of nitrogens with zero attached hydrogens (tertiary/aromatic N) is 1. The highest BCUT2D eigenvalue weighted by Gasteiger charge is 2.22. The lowest BCUT2D eigenvalue weighted by molar-refractivity contribution is -0.121. The molecule has 1 aromatic heterocycles. The van der Waals surface area contributed by atoms with Crippen molar-refractivity contribution in [3.63, 3.8) is 0 Å². The van der Waals surface area contributed by atoms with Crippen LogP contribution in [0, 0.1) is 0 Å². The number of aromatic nitrogens is 1. The first-order valence-corrected chi connectivity index (χ1v) is 5.41. The van der Waals surface area contributed by atoms with Gasteiger partial charge in [0.15, 0.2) is 5.43 Å². The molecule has 6 nitrogen and oxygen atoms in total. The Labute approximate surface area is 97.6 Å². The molecule has 2 N–H and O–H groups in total. The summed E-state index contributed by atoms with van der Waals surface area (Å²) in [6, 6.07) is 1.30. The Morgan fingerprint density at radius 3 is 2.94 bits per heavy atom. The van der Waals surface area contributed by atoms with E-state index in [1.165, 1.54) is 23.4 Å². The van der Waals surface area contributed by atoms with Gasteiger partial charge >= 0.3 is 0 Å². The van der Waals surface area contributed by atoms with Crippen molar-refractivity contribution in [2.75, 3.05) is 19.6 Å². The Bertz CT molecular complexity index is 495. The molecule has 0 unspecified atom stereocenters. The summed E-state index contributed by atoms with van der Waals surface area (Å²) in [4.78, 5) is 39.0. The standard InChI is InChI=1S/C11H13N3O3/c15-9-2-4-12-6-8(9)11(17)14-5-1-3-13-10(16)7-14/h2,4,6H,1,3,5,7H2,(H,12,15)(H,13,16). The Hall–Kier alpha value is -2.11. The maximum atomic E-state index is 12.0. The predicted octanol–water partition coefficient (Wildman–Crippen LogP) is -0.663. The summed E-state index contributed by atoms with van der Waals surface area (Å²) in [6.07, 6.45) is 3.53. The number of hydrogen-bond acceptors (Lipinski definition) is 3. The normalized spacial score (nSPS) is 16.2. The average Bonchev–Trinajstić information content (AvgIpc) is 2.54. The number of aromatic amines is 1. The number of nitrogens with one attached hydrogen (secondary N) is 2. The van der Waals surface area contributed by atoms with E-state index in [9.17, 15) is 14.4 Å². The largest absolute Gasteiger partial charge is 0.367 e. The fourth-order valence-electron chi connectivity index (χ4n) is 1.73. The van der Waals surface area contributed by atoms with Crippen molar-refractivity contribution in [1.82, 2.24) is 15.2 Å². The van der Waals surface area contributed by atoms with Crippen molar-refractivity contribution in [3.05, 3.63) is 34.2 Å². The summed E-state index contributed by atoms with van der Waals surface area (Å²) in [7, 11) is 0. The van der Waals surface area contributed by atoms with Gasteiger partial charge in [0.05, 0.1) is 6.54 Å². The van der Waals surface area contributed by atoms with Crippen LogP contribution >= 0.6 is 0 Å². The van der Waals surface area contributed by atoms with Gasteiger partial charge in [0, 0.05) is 31.5 Å². The van der Waals surface area contributed by atoms with Crippen molar-refractivity contribution in [2.24, 2.45) is 0 Å². The van der Waals surface area contributed by atoms with Crippen LogP contribution in [0.3, 0.4) is 0 Å². The van der Waals surface area contributed by atoms with E-state index < -0.39 is 5.91 Å². The fourth-order valence-corrected chi connectivity index (χ4v) is 1.73. The summed E-state index contributed by atoms with van der Waals surface area (Å²) in [5.41, 5.74) is -0.263. The molecule has 2 heterocycles. The molecule has 0 radical (unpaired) electrons. The SMILES string of the molecule is O=C1CN(C(=O)c2c[nH]ccc2=O)CCCN1. The molecule has 1 aromatic rings. The van der Waals surface area contributed by atoms with Crippen LogP contribution in [-0.4, -0.2) is 41.3 Å². The highest BCUT2D eigenvalue weighted by atomic mass is 16.2. The molecule has 0 aliphatic carbocycles.